The second-order valence-electron chi connectivity index (χ2n) is 9.59. The Bertz CT molecular complexity index is 1200. The second-order valence-corrected chi connectivity index (χ2v) is 10.4. The smallest absolute Gasteiger partial charge is 0.261 e. The van der Waals surface area contributed by atoms with E-state index in [9.17, 15) is 9.59 Å². The maximum absolute atomic E-state index is 13.8. The first-order chi connectivity index (χ1) is 18.3. The van der Waals surface area contributed by atoms with Crippen LogP contribution in [0.25, 0.3) is 0 Å². The van der Waals surface area contributed by atoms with Crippen LogP contribution in [0.5, 0.6) is 5.75 Å². The lowest BCUT2D eigenvalue weighted by molar-refractivity contribution is -0.142. The Morgan fingerprint density at radius 3 is 2.37 bits per heavy atom. The van der Waals surface area contributed by atoms with Gasteiger partial charge in [0.2, 0.25) is 5.91 Å². The van der Waals surface area contributed by atoms with Crippen LogP contribution < -0.4 is 10.1 Å². The van der Waals surface area contributed by atoms with Gasteiger partial charge >= 0.3 is 0 Å². The number of carbonyl (C=O) groups excluding carboxylic acids is 2. The molecule has 3 aromatic rings. The number of benzene rings is 3. The van der Waals surface area contributed by atoms with Crippen molar-refractivity contribution >= 4 is 35.0 Å². The summed E-state index contributed by atoms with van der Waals surface area (Å²) in [5.41, 5.74) is 2.67. The molecule has 3 aromatic carbocycles. The van der Waals surface area contributed by atoms with E-state index in [1.54, 1.807) is 23.1 Å². The van der Waals surface area contributed by atoms with Crippen molar-refractivity contribution < 1.29 is 14.3 Å². The van der Waals surface area contributed by atoms with Gasteiger partial charge in [0.25, 0.3) is 5.91 Å². The van der Waals surface area contributed by atoms with E-state index < -0.39 is 6.04 Å². The molecular formula is C31H36Cl2N2O3. The topological polar surface area (TPSA) is 58.6 Å². The molecule has 5 nitrogen and oxygen atoms in total. The van der Waals surface area contributed by atoms with Gasteiger partial charge in [0.1, 0.15) is 11.8 Å². The van der Waals surface area contributed by atoms with Crippen LogP contribution in [-0.4, -0.2) is 35.9 Å². The molecule has 0 aliphatic rings. The van der Waals surface area contributed by atoms with Crippen molar-refractivity contribution in [2.75, 3.05) is 13.2 Å². The van der Waals surface area contributed by atoms with Crippen LogP contribution in [0.1, 0.15) is 56.2 Å². The number of unbranched alkanes of at least 4 members (excludes halogenated alkanes) is 1. The Balaban J connectivity index is 1.94. The van der Waals surface area contributed by atoms with Crippen molar-refractivity contribution in [1.82, 2.24) is 10.2 Å². The van der Waals surface area contributed by atoms with Gasteiger partial charge in [0.15, 0.2) is 6.61 Å². The first kappa shape index (κ1) is 29.5. The molecule has 7 heteroatoms. The Hall–Kier alpha value is -3.02. The summed E-state index contributed by atoms with van der Waals surface area (Å²) in [4.78, 5) is 28.9. The summed E-state index contributed by atoms with van der Waals surface area (Å²) in [7, 11) is 0. The van der Waals surface area contributed by atoms with Crippen LogP contribution in [0.2, 0.25) is 10.0 Å². The molecule has 0 saturated carbocycles. The van der Waals surface area contributed by atoms with Gasteiger partial charge in [0.05, 0.1) is 0 Å². The van der Waals surface area contributed by atoms with Gasteiger partial charge in [-0.05, 0) is 47.2 Å². The highest BCUT2D eigenvalue weighted by Gasteiger charge is 2.31. The minimum absolute atomic E-state index is 0.142. The number of ether oxygens (including phenoxy) is 1. The van der Waals surface area contributed by atoms with E-state index in [4.69, 9.17) is 27.9 Å². The van der Waals surface area contributed by atoms with Crippen LogP contribution in [0.4, 0.5) is 0 Å². The molecule has 0 spiro atoms. The van der Waals surface area contributed by atoms with E-state index in [1.165, 1.54) is 0 Å². The van der Waals surface area contributed by atoms with E-state index in [0.29, 0.717) is 34.3 Å². The molecule has 0 unspecified atom stereocenters. The molecule has 1 N–H and O–H groups in total. The number of rotatable bonds is 13. The maximum Gasteiger partial charge on any atom is 0.261 e. The molecule has 3 rings (SSSR count). The fourth-order valence-electron chi connectivity index (χ4n) is 4.20. The molecule has 0 heterocycles. The SMILES string of the molecule is CCCCNC(=O)[C@H](Cc1ccccc1)N(Cc1ccc(Cl)cc1Cl)C(=O)COc1ccccc1C(C)C. The molecule has 38 heavy (non-hydrogen) atoms. The highest BCUT2D eigenvalue weighted by atomic mass is 35.5. The monoisotopic (exact) mass is 554 g/mol. The third-order valence-corrected chi connectivity index (χ3v) is 6.94. The summed E-state index contributed by atoms with van der Waals surface area (Å²) >= 11 is 12.6. The Morgan fingerprint density at radius 1 is 0.974 bits per heavy atom. The van der Waals surface area contributed by atoms with E-state index in [1.807, 2.05) is 54.6 Å². The van der Waals surface area contributed by atoms with Crippen LogP contribution in [0.15, 0.2) is 72.8 Å². The van der Waals surface area contributed by atoms with Crippen molar-refractivity contribution in [2.24, 2.45) is 0 Å². The van der Waals surface area contributed by atoms with Crippen molar-refractivity contribution in [3.8, 4) is 5.75 Å². The predicted octanol–water partition coefficient (Wildman–Crippen LogP) is 7.05. The fourth-order valence-corrected chi connectivity index (χ4v) is 4.67. The number of amides is 2. The number of para-hydroxylation sites is 1. The Labute approximate surface area is 236 Å². The zero-order chi connectivity index (χ0) is 27.5. The molecule has 0 fully saturated rings. The average Bonchev–Trinajstić information content (AvgIpc) is 2.91. The lowest BCUT2D eigenvalue weighted by atomic mass is 10.0. The quantitative estimate of drug-likeness (QED) is 0.230. The van der Waals surface area contributed by atoms with Gasteiger partial charge in [-0.1, -0.05) is 105 Å². The summed E-state index contributed by atoms with van der Waals surface area (Å²) in [6.45, 7) is 6.71. The third-order valence-electron chi connectivity index (χ3n) is 6.35. The minimum Gasteiger partial charge on any atom is -0.483 e. The number of halogens is 2. The van der Waals surface area contributed by atoms with Gasteiger partial charge in [-0.15, -0.1) is 0 Å². The third kappa shape index (κ3) is 8.50. The van der Waals surface area contributed by atoms with Crippen molar-refractivity contribution in [3.63, 3.8) is 0 Å². The Kier molecular flexibility index (Phi) is 11.5. The van der Waals surface area contributed by atoms with Crippen LogP contribution in [-0.2, 0) is 22.6 Å². The summed E-state index contributed by atoms with van der Waals surface area (Å²) in [5.74, 6) is 0.386. The first-order valence-corrected chi connectivity index (χ1v) is 13.8. The van der Waals surface area contributed by atoms with E-state index in [0.717, 1.165) is 24.0 Å². The normalized spacial score (nSPS) is 11.7. The second kappa shape index (κ2) is 14.8. The molecule has 202 valence electrons. The molecular weight excluding hydrogens is 519 g/mol. The molecule has 0 saturated heterocycles. The molecule has 1 atom stereocenters. The van der Waals surface area contributed by atoms with Crippen LogP contribution in [0.3, 0.4) is 0 Å². The van der Waals surface area contributed by atoms with Crippen molar-refractivity contribution in [1.29, 1.82) is 0 Å². The molecule has 0 radical (unpaired) electrons. The first-order valence-electron chi connectivity index (χ1n) is 13.1. The number of hydrogen-bond donors (Lipinski definition) is 1. The highest BCUT2D eigenvalue weighted by molar-refractivity contribution is 6.35. The van der Waals surface area contributed by atoms with Gasteiger partial charge in [0, 0.05) is 29.6 Å². The standard InChI is InChI=1S/C31H36Cl2N2O3/c1-4-5-17-34-31(37)28(18-23-11-7-6-8-12-23)35(20-24-15-16-25(32)19-27(24)33)30(36)21-38-29-14-10-9-13-26(29)22(2)3/h6-16,19,22,28H,4-5,17-18,20-21H2,1-3H3,(H,34,37)/t28-/m0/s1. The molecule has 0 aliphatic carbocycles. The zero-order valence-electron chi connectivity index (χ0n) is 22.3. The lowest BCUT2D eigenvalue weighted by Crippen LogP contribution is -2.51. The highest BCUT2D eigenvalue weighted by Crippen LogP contribution is 2.27. The summed E-state index contributed by atoms with van der Waals surface area (Å²) < 4.78 is 6.03. The van der Waals surface area contributed by atoms with E-state index in [-0.39, 0.29) is 30.9 Å². The number of carbonyl (C=O) groups is 2. The van der Waals surface area contributed by atoms with Crippen LogP contribution >= 0.6 is 23.2 Å². The van der Waals surface area contributed by atoms with Gasteiger partial charge < -0.3 is 15.0 Å². The summed E-state index contributed by atoms with van der Waals surface area (Å²) in [6, 6.07) is 21.8. The number of hydrogen-bond acceptors (Lipinski definition) is 3. The molecule has 0 aromatic heterocycles. The minimum atomic E-state index is -0.752. The number of nitrogens with zero attached hydrogens (tertiary/aromatic N) is 1. The predicted molar refractivity (Wildman–Crippen MR) is 155 cm³/mol. The van der Waals surface area contributed by atoms with Gasteiger partial charge in [-0.3, -0.25) is 9.59 Å². The lowest BCUT2D eigenvalue weighted by Gasteiger charge is -2.32. The molecule has 0 aliphatic heterocycles. The van der Waals surface area contributed by atoms with Crippen molar-refractivity contribution in [3.05, 3.63) is 99.5 Å². The summed E-state index contributed by atoms with van der Waals surface area (Å²) in [6.07, 6.45) is 2.17. The Morgan fingerprint density at radius 2 is 1.68 bits per heavy atom. The molecule has 2 amide bonds. The van der Waals surface area contributed by atoms with Crippen molar-refractivity contribution in [2.45, 2.75) is 58.5 Å². The number of nitrogens with one attached hydrogen (secondary N) is 1. The maximum atomic E-state index is 13.8. The molecule has 0 bridgehead atoms. The van der Waals surface area contributed by atoms with Gasteiger partial charge in [-0.25, -0.2) is 0 Å². The largest absolute Gasteiger partial charge is 0.483 e. The van der Waals surface area contributed by atoms with E-state index >= 15 is 0 Å². The van der Waals surface area contributed by atoms with Crippen LogP contribution in [0, 0.1) is 0 Å². The fraction of sp³-hybridized carbons (Fsp3) is 0.355. The van der Waals surface area contributed by atoms with Gasteiger partial charge in [-0.2, -0.15) is 0 Å². The average molecular weight is 556 g/mol. The summed E-state index contributed by atoms with van der Waals surface area (Å²) in [5, 5.41) is 3.96. The van der Waals surface area contributed by atoms with E-state index in [2.05, 4.69) is 26.1 Å². The zero-order valence-corrected chi connectivity index (χ0v) is 23.8.